The molecule has 0 saturated heterocycles. The summed E-state index contributed by atoms with van der Waals surface area (Å²) in [4.78, 5) is 17.2. The summed E-state index contributed by atoms with van der Waals surface area (Å²) in [6.07, 6.45) is 0.766. The van der Waals surface area contributed by atoms with Gasteiger partial charge in [-0.25, -0.2) is 4.79 Å². The molecule has 1 aromatic heterocycles. The number of carbonyl (C=O) groups excluding carboxylic acids is 1. The van der Waals surface area contributed by atoms with E-state index in [1.54, 1.807) is 4.90 Å². The molecular weight excluding hydrogens is 260 g/mol. The summed E-state index contributed by atoms with van der Waals surface area (Å²) in [5.74, 6) is 0. The molecule has 6 nitrogen and oxygen atoms in total. The number of aromatic nitrogens is 1. The smallest absolute Gasteiger partial charge is 0.432 e. The first-order chi connectivity index (χ1) is 9.70. The third-order valence-electron chi connectivity index (χ3n) is 2.57. The molecule has 0 bridgehead atoms. The van der Waals surface area contributed by atoms with Gasteiger partial charge in [-0.1, -0.05) is 24.8 Å². The molecule has 6 heteroatoms. The van der Waals surface area contributed by atoms with E-state index in [1.165, 1.54) is 6.08 Å². The fraction of sp³-hybridized carbons (Fsp3) is 0.286. The van der Waals surface area contributed by atoms with E-state index in [2.05, 4.69) is 16.3 Å². The third-order valence-corrected chi connectivity index (χ3v) is 2.57. The summed E-state index contributed by atoms with van der Waals surface area (Å²) >= 11 is 0. The predicted molar refractivity (Wildman–Crippen MR) is 74.8 cm³/mol. The van der Waals surface area contributed by atoms with Crippen LogP contribution >= 0.6 is 0 Å². The lowest BCUT2D eigenvalue weighted by molar-refractivity contribution is 0.0652. The molecular formula is C14H16N2O4. The Morgan fingerprint density at radius 3 is 3.00 bits per heavy atom. The van der Waals surface area contributed by atoms with Gasteiger partial charge in [0.1, 0.15) is 18.7 Å². The van der Waals surface area contributed by atoms with Gasteiger partial charge in [0.05, 0.1) is 6.54 Å². The Bertz CT molecular complexity index is 561. The number of carbonyl (C=O) groups is 1. The summed E-state index contributed by atoms with van der Waals surface area (Å²) in [6, 6.07) is 7.99. The Kier molecular flexibility index (Phi) is 4.60. The molecule has 0 aliphatic rings. The summed E-state index contributed by atoms with van der Waals surface area (Å²) in [5, 5.41) is 0. The molecule has 0 fully saturated rings. The first-order valence-corrected chi connectivity index (χ1v) is 6.18. The van der Waals surface area contributed by atoms with Gasteiger partial charge in [0.15, 0.2) is 5.58 Å². The van der Waals surface area contributed by atoms with E-state index in [-0.39, 0.29) is 13.2 Å². The lowest BCUT2D eigenvalue weighted by atomic mass is 10.3. The molecule has 2 rings (SSSR count). The fourth-order valence-electron chi connectivity index (χ4n) is 1.55. The van der Waals surface area contributed by atoms with Crippen molar-refractivity contribution in [1.29, 1.82) is 0 Å². The fourth-order valence-corrected chi connectivity index (χ4v) is 1.55. The minimum Gasteiger partial charge on any atom is -0.432 e. The van der Waals surface area contributed by atoms with Crippen LogP contribution in [-0.2, 0) is 9.47 Å². The lowest BCUT2D eigenvalue weighted by Crippen LogP contribution is -2.24. The van der Waals surface area contributed by atoms with Gasteiger partial charge in [0, 0.05) is 7.05 Å². The number of anilines is 1. The maximum absolute atomic E-state index is 11.1. The number of benzene rings is 1. The summed E-state index contributed by atoms with van der Waals surface area (Å²) < 4.78 is 15.2. The first-order valence-electron chi connectivity index (χ1n) is 6.18. The van der Waals surface area contributed by atoms with E-state index < -0.39 is 6.16 Å². The van der Waals surface area contributed by atoms with Gasteiger partial charge in [-0.3, -0.25) is 0 Å². The lowest BCUT2D eigenvalue weighted by Gasteiger charge is -2.13. The van der Waals surface area contributed by atoms with Crippen LogP contribution in [-0.4, -0.2) is 37.9 Å². The zero-order valence-electron chi connectivity index (χ0n) is 11.2. The highest BCUT2D eigenvalue weighted by Gasteiger charge is 2.10. The van der Waals surface area contributed by atoms with Crippen molar-refractivity contribution in [2.45, 2.75) is 0 Å². The van der Waals surface area contributed by atoms with Gasteiger partial charge >= 0.3 is 6.16 Å². The highest BCUT2D eigenvalue weighted by atomic mass is 16.7. The topological polar surface area (TPSA) is 64.8 Å². The van der Waals surface area contributed by atoms with Crippen LogP contribution in [0, 0.1) is 0 Å². The monoisotopic (exact) mass is 276 g/mol. The molecule has 20 heavy (non-hydrogen) atoms. The maximum Gasteiger partial charge on any atom is 0.508 e. The van der Waals surface area contributed by atoms with Gasteiger partial charge in [0.2, 0.25) is 0 Å². The Morgan fingerprint density at radius 2 is 2.25 bits per heavy atom. The molecule has 0 spiro atoms. The molecule has 106 valence electrons. The number of oxazole rings is 1. The van der Waals surface area contributed by atoms with Gasteiger partial charge in [0.25, 0.3) is 6.01 Å². The number of hydrogen-bond acceptors (Lipinski definition) is 6. The number of nitrogens with zero attached hydrogens (tertiary/aromatic N) is 2. The highest BCUT2D eigenvalue weighted by molar-refractivity contribution is 5.74. The second-order valence-corrected chi connectivity index (χ2v) is 4.08. The number of likely N-dealkylation sites (N-methyl/N-ethyl adjacent to an activating group) is 1. The normalized spacial score (nSPS) is 10.2. The molecule has 2 aromatic rings. The average Bonchev–Trinajstić information content (AvgIpc) is 2.89. The van der Waals surface area contributed by atoms with Crippen molar-refractivity contribution >= 4 is 23.3 Å². The SMILES string of the molecule is C=CCOC(=O)OCCN(C)c1nc2ccccc2o1. The highest BCUT2D eigenvalue weighted by Crippen LogP contribution is 2.20. The van der Waals surface area contributed by atoms with Crippen LogP contribution in [0.2, 0.25) is 0 Å². The zero-order valence-corrected chi connectivity index (χ0v) is 11.2. The minimum absolute atomic E-state index is 0.139. The van der Waals surface area contributed by atoms with E-state index in [0.29, 0.717) is 12.6 Å². The van der Waals surface area contributed by atoms with Crippen molar-refractivity contribution in [3.8, 4) is 0 Å². The van der Waals surface area contributed by atoms with E-state index in [1.807, 2.05) is 31.3 Å². The van der Waals surface area contributed by atoms with Gasteiger partial charge in [-0.15, -0.1) is 0 Å². The van der Waals surface area contributed by atoms with Crippen molar-refractivity contribution in [1.82, 2.24) is 4.98 Å². The second kappa shape index (κ2) is 6.60. The summed E-state index contributed by atoms with van der Waals surface area (Å²) in [5.41, 5.74) is 1.52. The van der Waals surface area contributed by atoms with Crippen LogP contribution in [0.1, 0.15) is 0 Å². The molecule has 0 saturated carbocycles. The Morgan fingerprint density at radius 1 is 1.45 bits per heavy atom. The van der Waals surface area contributed by atoms with Crippen molar-refractivity contribution < 1.29 is 18.7 Å². The Balaban J connectivity index is 1.84. The number of hydrogen-bond donors (Lipinski definition) is 0. The van der Waals surface area contributed by atoms with Crippen molar-refractivity contribution in [2.75, 3.05) is 31.7 Å². The maximum atomic E-state index is 11.1. The van der Waals surface area contributed by atoms with Crippen molar-refractivity contribution in [2.24, 2.45) is 0 Å². The van der Waals surface area contributed by atoms with Gasteiger partial charge in [-0.2, -0.15) is 4.98 Å². The van der Waals surface area contributed by atoms with E-state index in [0.717, 1.165) is 11.1 Å². The molecule has 0 radical (unpaired) electrons. The molecule has 0 amide bonds. The van der Waals surface area contributed by atoms with Gasteiger partial charge in [-0.05, 0) is 12.1 Å². The largest absolute Gasteiger partial charge is 0.508 e. The third kappa shape index (κ3) is 3.50. The zero-order chi connectivity index (χ0) is 14.4. The average molecular weight is 276 g/mol. The molecule has 0 aliphatic heterocycles. The van der Waals surface area contributed by atoms with E-state index in [4.69, 9.17) is 9.15 Å². The molecule has 1 heterocycles. The van der Waals surface area contributed by atoms with E-state index in [9.17, 15) is 4.79 Å². The van der Waals surface area contributed by atoms with Crippen LogP contribution in [0.25, 0.3) is 11.1 Å². The quantitative estimate of drug-likeness (QED) is 0.597. The number of para-hydroxylation sites is 2. The predicted octanol–water partition coefficient (Wildman–Crippen LogP) is 2.60. The molecule has 0 atom stereocenters. The van der Waals surface area contributed by atoms with Crippen LogP contribution < -0.4 is 4.90 Å². The molecule has 0 unspecified atom stereocenters. The van der Waals surface area contributed by atoms with Crippen molar-refractivity contribution in [3.05, 3.63) is 36.9 Å². The van der Waals surface area contributed by atoms with Crippen LogP contribution in [0.15, 0.2) is 41.3 Å². The Labute approximate surface area is 116 Å². The van der Waals surface area contributed by atoms with E-state index >= 15 is 0 Å². The molecule has 0 aliphatic carbocycles. The standard InChI is InChI=1S/C14H16N2O4/c1-3-9-18-14(17)19-10-8-16(2)13-15-11-6-4-5-7-12(11)20-13/h3-7H,1,8-10H2,2H3. The molecule has 1 aromatic carbocycles. The summed E-state index contributed by atoms with van der Waals surface area (Å²) in [7, 11) is 1.81. The van der Waals surface area contributed by atoms with Crippen LogP contribution in [0.4, 0.5) is 10.8 Å². The Hall–Kier alpha value is -2.50. The van der Waals surface area contributed by atoms with Crippen molar-refractivity contribution in [3.63, 3.8) is 0 Å². The number of ether oxygens (including phenoxy) is 2. The number of fused-ring (bicyclic) bond motifs is 1. The number of rotatable bonds is 6. The van der Waals surface area contributed by atoms with Crippen LogP contribution in [0.5, 0.6) is 0 Å². The minimum atomic E-state index is -0.712. The second-order valence-electron chi connectivity index (χ2n) is 4.08. The first kappa shape index (κ1) is 13.9. The van der Waals surface area contributed by atoms with Gasteiger partial charge < -0.3 is 18.8 Å². The summed E-state index contributed by atoms with van der Waals surface area (Å²) in [6.45, 7) is 4.22. The van der Waals surface area contributed by atoms with Crippen LogP contribution in [0.3, 0.4) is 0 Å². The molecule has 0 N–H and O–H groups in total.